The molecule has 2 aromatic rings. The molecule has 7 heteroatoms. The second-order valence-electron chi connectivity index (χ2n) is 5.50. The van der Waals surface area contributed by atoms with Crippen LogP contribution in [0.15, 0.2) is 16.7 Å². The minimum absolute atomic E-state index is 0.0000508. The topological polar surface area (TPSA) is 92.4 Å². The Morgan fingerprint density at radius 3 is 2.78 bits per heavy atom. The highest BCUT2D eigenvalue weighted by atomic mass is 32.2. The number of thioether (sulfide) groups is 1. The zero-order valence-electron chi connectivity index (χ0n) is 13.4. The van der Waals surface area contributed by atoms with E-state index in [1.165, 1.54) is 0 Å². The normalized spacial score (nSPS) is 12.3. The highest BCUT2D eigenvalue weighted by molar-refractivity contribution is 7.98. The van der Waals surface area contributed by atoms with Gasteiger partial charge in [-0.25, -0.2) is 4.79 Å². The molecule has 1 amide bonds. The maximum Gasteiger partial charge on any atom is 0.326 e. The third-order valence-corrected chi connectivity index (χ3v) is 4.20. The lowest BCUT2D eigenvalue weighted by Crippen LogP contribution is -2.41. The fourth-order valence-corrected chi connectivity index (χ4v) is 3.00. The maximum atomic E-state index is 12.1. The van der Waals surface area contributed by atoms with Crippen LogP contribution in [0.25, 0.3) is 11.0 Å². The van der Waals surface area contributed by atoms with E-state index in [2.05, 4.69) is 10.5 Å². The van der Waals surface area contributed by atoms with Crippen LogP contribution in [0.1, 0.15) is 23.2 Å². The number of nitrogens with one attached hydrogen (secondary N) is 1. The molecule has 2 N–H and O–H groups in total. The van der Waals surface area contributed by atoms with Crippen molar-refractivity contribution >= 4 is 34.6 Å². The largest absolute Gasteiger partial charge is 0.480 e. The van der Waals surface area contributed by atoms with Crippen LogP contribution in [-0.2, 0) is 16.0 Å². The summed E-state index contributed by atoms with van der Waals surface area (Å²) in [5, 5.41) is 16.5. The van der Waals surface area contributed by atoms with E-state index in [1.807, 2.05) is 32.2 Å². The van der Waals surface area contributed by atoms with Gasteiger partial charge in [-0.3, -0.25) is 4.79 Å². The number of benzene rings is 1. The summed E-state index contributed by atoms with van der Waals surface area (Å²) in [7, 11) is 0. The number of carboxylic acid groups (broad SMARTS) is 1. The van der Waals surface area contributed by atoms with Crippen molar-refractivity contribution in [2.75, 3.05) is 12.0 Å². The van der Waals surface area contributed by atoms with Crippen molar-refractivity contribution in [2.45, 2.75) is 32.7 Å². The van der Waals surface area contributed by atoms with E-state index in [4.69, 9.17) is 9.63 Å². The first-order chi connectivity index (χ1) is 10.9. The van der Waals surface area contributed by atoms with Crippen LogP contribution in [0.3, 0.4) is 0 Å². The molecule has 2 rings (SSSR count). The molecule has 0 fully saturated rings. The number of carbonyl (C=O) groups excluding carboxylic acids is 1. The van der Waals surface area contributed by atoms with E-state index in [-0.39, 0.29) is 12.3 Å². The van der Waals surface area contributed by atoms with Crippen LogP contribution >= 0.6 is 11.8 Å². The van der Waals surface area contributed by atoms with Crippen molar-refractivity contribution in [3.05, 3.63) is 29.0 Å². The molecular weight excluding hydrogens is 316 g/mol. The second-order valence-corrected chi connectivity index (χ2v) is 6.49. The first-order valence-electron chi connectivity index (χ1n) is 7.29. The van der Waals surface area contributed by atoms with Crippen LogP contribution in [0.4, 0.5) is 0 Å². The maximum absolute atomic E-state index is 12.1. The lowest BCUT2D eigenvalue weighted by atomic mass is 10.0. The molecule has 124 valence electrons. The quantitative estimate of drug-likeness (QED) is 0.806. The van der Waals surface area contributed by atoms with Gasteiger partial charge >= 0.3 is 5.97 Å². The van der Waals surface area contributed by atoms with Gasteiger partial charge in [-0.15, -0.1) is 0 Å². The molecule has 1 atom stereocenters. The molecule has 0 aliphatic carbocycles. The Kier molecular flexibility index (Phi) is 5.65. The van der Waals surface area contributed by atoms with Crippen molar-refractivity contribution < 1.29 is 19.2 Å². The first-order valence-corrected chi connectivity index (χ1v) is 8.68. The summed E-state index contributed by atoms with van der Waals surface area (Å²) in [5.74, 6) is -0.722. The number of hydrogen-bond acceptors (Lipinski definition) is 5. The van der Waals surface area contributed by atoms with E-state index < -0.39 is 12.0 Å². The SMILES string of the molecule is CSCCC(NC(=O)Cc1noc2cc(C)cc(C)c12)C(=O)O. The minimum atomic E-state index is -1.02. The zero-order valence-corrected chi connectivity index (χ0v) is 14.2. The Balaban J connectivity index is 2.12. The van der Waals surface area contributed by atoms with E-state index >= 15 is 0 Å². The number of carbonyl (C=O) groups is 2. The minimum Gasteiger partial charge on any atom is -0.480 e. The van der Waals surface area contributed by atoms with Gasteiger partial charge in [-0.1, -0.05) is 11.2 Å². The van der Waals surface area contributed by atoms with Gasteiger partial charge in [0.25, 0.3) is 0 Å². The highest BCUT2D eigenvalue weighted by Gasteiger charge is 2.21. The lowest BCUT2D eigenvalue weighted by molar-refractivity contribution is -0.141. The Bertz CT molecular complexity index is 726. The molecule has 0 saturated heterocycles. The van der Waals surface area contributed by atoms with E-state index in [1.54, 1.807) is 11.8 Å². The van der Waals surface area contributed by atoms with Crippen LogP contribution in [0, 0.1) is 13.8 Å². The third kappa shape index (κ3) is 4.25. The number of aliphatic carboxylic acids is 1. The van der Waals surface area contributed by atoms with Crippen molar-refractivity contribution in [1.29, 1.82) is 0 Å². The summed E-state index contributed by atoms with van der Waals surface area (Å²) >= 11 is 1.54. The van der Waals surface area contributed by atoms with Crippen LogP contribution < -0.4 is 5.32 Å². The number of rotatable bonds is 7. The van der Waals surface area contributed by atoms with Gasteiger partial charge in [0.1, 0.15) is 11.7 Å². The average molecular weight is 336 g/mol. The zero-order chi connectivity index (χ0) is 17.0. The average Bonchev–Trinajstić information content (AvgIpc) is 2.85. The Labute approximate surface area is 138 Å². The first kappa shape index (κ1) is 17.3. The number of fused-ring (bicyclic) bond motifs is 1. The number of nitrogens with zero attached hydrogens (tertiary/aromatic N) is 1. The summed E-state index contributed by atoms with van der Waals surface area (Å²) in [6.07, 6.45) is 2.28. The number of hydrogen-bond donors (Lipinski definition) is 2. The molecule has 1 aromatic carbocycles. The Morgan fingerprint density at radius 1 is 1.39 bits per heavy atom. The van der Waals surface area contributed by atoms with Gasteiger partial charge in [0, 0.05) is 5.39 Å². The van der Waals surface area contributed by atoms with Gasteiger partial charge in [-0.2, -0.15) is 11.8 Å². The monoisotopic (exact) mass is 336 g/mol. The molecule has 0 radical (unpaired) electrons. The number of aryl methyl sites for hydroxylation is 2. The van der Waals surface area contributed by atoms with Crippen molar-refractivity contribution in [2.24, 2.45) is 0 Å². The van der Waals surface area contributed by atoms with E-state index in [0.29, 0.717) is 23.5 Å². The standard InChI is InChI=1S/C16H20N2O4S/c1-9-6-10(2)15-12(18-22-13(15)7-9)8-14(19)17-11(16(20)21)4-5-23-3/h6-7,11H,4-5,8H2,1-3H3,(H,17,19)(H,20,21). The second kappa shape index (κ2) is 7.50. The number of carboxylic acids is 1. The molecule has 0 aliphatic heterocycles. The number of amides is 1. The van der Waals surface area contributed by atoms with Gasteiger partial charge in [-0.05, 0) is 49.5 Å². The molecular formula is C16H20N2O4S. The summed E-state index contributed by atoms with van der Waals surface area (Å²) in [6, 6.07) is 2.99. The summed E-state index contributed by atoms with van der Waals surface area (Å²) < 4.78 is 5.28. The Morgan fingerprint density at radius 2 is 2.13 bits per heavy atom. The predicted molar refractivity (Wildman–Crippen MR) is 89.8 cm³/mol. The molecule has 1 heterocycles. The van der Waals surface area contributed by atoms with Crippen LogP contribution in [0.5, 0.6) is 0 Å². The fraction of sp³-hybridized carbons (Fsp3) is 0.438. The smallest absolute Gasteiger partial charge is 0.326 e. The van der Waals surface area contributed by atoms with Crippen LogP contribution in [-0.4, -0.2) is 40.2 Å². The molecule has 1 aromatic heterocycles. The van der Waals surface area contributed by atoms with Crippen LogP contribution in [0.2, 0.25) is 0 Å². The van der Waals surface area contributed by atoms with Gasteiger partial charge < -0.3 is 14.9 Å². The highest BCUT2D eigenvalue weighted by Crippen LogP contribution is 2.24. The molecule has 0 bridgehead atoms. The molecule has 0 saturated carbocycles. The van der Waals surface area contributed by atoms with Crippen molar-refractivity contribution in [3.8, 4) is 0 Å². The van der Waals surface area contributed by atoms with Gasteiger partial charge in [0.15, 0.2) is 5.58 Å². The van der Waals surface area contributed by atoms with E-state index in [0.717, 1.165) is 16.5 Å². The van der Waals surface area contributed by atoms with E-state index in [9.17, 15) is 9.59 Å². The predicted octanol–water partition coefficient (Wildman–Crippen LogP) is 2.31. The van der Waals surface area contributed by atoms with Crippen molar-refractivity contribution in [3.63, 3.8) is 0 Å². The Hall–Kier alpha value is -2.02. The molecule has 0 aliphatic rings. The van der Waals surface area contributed by atoms with Gasteiger partial charge in [0.05, 0.1) is 6.42 Å². The van der Waals surface area contributed by atoms with Crippen molar-refractivity contribution in [1.82, 2.24) is 10.5 Å². The molecule has 1 unspecified atom stereocenters. The molecule has 23 heavy (non-hydrogen) atoms. The molecule has 0 spiro atoms. The summed E-state index contributed by atoms with van der Waals surface area (Å²) in [4.78, 5) is 23.3. The summed E-state index contributed by atoms with van der Waals surface area (Å²) in [6.45, 7) is 3.90. The fourth-order valence-electron chi connectivity index (χ4n) is 2.53. The molecule has 6 nitrogen and oxygen atoms in total. The van der Waals surface area contributed by atoms with Gasteiger partial charge in [0.2, 0.25) is 5.91 Å². The lowest BCUT2D eigenvalue weighted by Gasteiger charge is -2.13. The third-order valence-electron chi connectivity index (χ3n) is 3.56. The number of aromatic nitrogens is 1. The summed E-state index contributed by atoms with van der Waals surface area (Å²) in [5.41, 5.74) is 3.22.